The van der Waals surface area contributed by atoms with Gasteiger partial charge < -0.3 is 10.6 Å². The summed E-state index contributed by atoms with van der Waals surface area (Å²) in [5, 5.41) is 10.2. The summed E-state index contributed by atoms with van der Waals surface area (Å²) in [5.74, 6) is -1.74. The summed E-state index contributed by atoms with van der Waals surface area (Å²) >= 11 is 0. The number of nitrogens with zero attached hydrogens (tertiary/aromatic N) is 2. The van der Waals surface area contributed by atoms with Crippen molar-refractivity contribution in [2.75, 3.05) is 7.05 Å². The lowest BCUT2D eigenvalue weighted by Gasteiger charge is -2.21. The number of amides is 2. The number of rotatable bonds is 6. The van der Waals surface area contributed by atoms with E-state index < -0.39 is 17.7 Å². The van der Waals surface area contributed by atoms with Crippen LogP contribution in [-0.4, -0.2) is 34.0 Å². The van der Waals surface area contributed by atoms with Crippen molar-refractivity contribution in [2.24, 2.45) is 0 Å². The first-order valence-electron chi connectivity index (χ1n) is 13.3. The van der Waals surface area contributed by atoms with Crippen LogP contribution in [0.5, 0.6) is 0 Å². The van der Waals surface area contributed by atoms with E-state index in [1.54, 1.807) is 18.2 Å². The van der Waals surface area contributed by atoms with Gasteiger partial charge in [-0.25, -0.2) is 8.91 Å². The Bertz CT molecular complexity index is 1730. The molecule has 0 saturated heterocycles. The highest BCUT2D eigenvalue weighted by Gasteiger charge is 2.46. The topological polar surface area (TPSA) is 75.5 Å². The molecule has 6 rings (SSSR count). The lowest BCUT2D eigenvalue weighted by molar-refractivity contribution is 0.0936. The second-order valence-electron chi connectivity index (χ2n) is 10.4. The first-order chi connectivity index (χ1) is 19.3. The van der Waals surface area contributed by atoms with Gasteiger partial charge in [0, 0.05) is 24.2 Å². The van der Waals surface area contributed by atoms with Crippen LogP contribution in [0.2, 0.25) is 0 Å². The van der Waals surface area contributed by atoms with E-state index >= 15 is 4.39 Å². The minimum absolute atomic E-state index is 0.172. The van der Waals surface area contributed by atoms with Gasteiger partial charge in [-0.2, -0.15) is 9.49 Å². The van der Waals surface area contributed by atoms with Crippen LogP contribution in [0.25, 0.3) is 27.9 Å². The molecule has 2 aromatic heterocycles. The summed E-state index contributed by atoms with van der Waals surface area (Å²) in [5.41, 5.74) is 4.49. The minimum Gasteiger partial charge on any atom is -0.355 e. The fourth-order valence-electron chi connectivity index (χ4n) is 5.36. The van der Waals surface area contributed by atoms with Gasteiger partial charge in [0.15, 0.2) is 0 Å². The van der Waals surface area contributed by atoms with Crippen molar-refractivity contribution in [3.8, 4) is 22.4 Å². The van der Waals surface area contributed by atoms with E-state index in [4.69, 9.17) is 0 Å². The van der Waals surface area contributed by atoms with E-state index in [0.717, 1.165) is 41.3 Å². The van der Waals surface area contributed by atoms with Crippen molar-refractivity contribution >= 4 is 17.3 Å². The van der Waals surface area contributed by atoms with Crippen molar-refractivity contribution in [3.05, 3.63) is 107 Å². The summed E-state index contributed by atoms with van der Waals surface area (Å²) in [4.78, 5) is 26.3. The molecule has 2 aromatic carbocycles. The van der Waals surface area contributed by atoms with E-state index in [-0.39, 0.29) is 28.2 Å². The lowest BCUT2D eigenvalue weighted by Crippen LogP contribution is -2.38. The Hall–Kier alpha value is -4.59. The Morgan fingerprint density at radius 1 is 0.950 bits per heavy atom. The van der Waals surface area contributed by atoms with Crippen LogP contribution in [0.15, 0.2) is 78.4 Å². The molecule has 0 aliphatic heterocycles. The zero-order valence-electron chi connectivity index (χ0n) is 22.2. The highest BCUT2D eigenvalue weighted by atomic mass is 19.1. The molecule has 1 saturated carbocycles. The summed E-state index contributed by atoms with van der Waals surface area (Å²) < 4.78 is 30.1. The van der Waals surface area contributed by atoms with Crippen molar-refractivity contribution in [2.45, 2.75) is 38.1 Å². The fourth-order valence-corrected chi connectivity index (χ4v) is 5.36. The molecule has 2 aliphatic carbocycles. The molecular formula is C32H28F2N4O2. The number of carbonyl (C=O) groups excluding carboxylic acids is 2. The number of nitrogens with one attached hydrogen (secondary N) is 2. The number of carbonyl (C=O) groups is 2. The average molecular weight is 539 g/mol. The molecule has 40 heavy (non-hydrogen) atoms. The number of allylic oxidation sites excluding steroid dienone is 2. The highest BCUT2D eigenvalue weighted by molar-refractivity contribution is 6.07. The maximum Gasteiger partial charge on any atom is 0.255 e. The fraction of sp³-hybridized carbons (Fsp3) is 0.219. The van der Waals surface area contributed by atoms with Gasteiger partial charge in [0.05, 0.1) is 16.6 Å². The van der Waals surface area contributed by atoms with Gasteiger partial charge in [-0.1, -0.05) is 24.3 Å². The predicted octanol–water partition coefficient (Wildman–Crippen LogP) is 6.15. The molecule has 2 N–H and O–H groups in total. The molecule has 0 bridgehead atoms. The van der Waals surface area contributed by atoms with Gasteiger partial charge in [0.2, 0.25) is 5.95 Å². The molecule has 0 spiro atoms. The first kappa shape index (κ1) is 25.7. The lowest BCUT2D eigenvalue weighted by atomic mass is 9.96. The molecule has 4 aromatic rings. The van der Waals surface area contributed by atoms with Crippen LogP contribution >= 0.6 is 0 Å². The van der Waals surface area contributed by atoms with Gasteiger partial charge in [-0.3, -0.25) is 9.59 Å². The Morgan fingerprint density at radius 3 is 2.40 bits per heavy atom. The zero-order valence-corrected chi connectivity index (χ0v) is 22.2. The number of hydrogen-bond donors (Lipinski definition) is 2. The second kappa shape index (κ2) is 9.86. The number of aromatic nitrogens is 2. The largest absolute Gasteiger partial charge is 0.355 e. The van der Waals surface area contributed by atoms with Crippen LogP contribution < -0.4 is 10.6 Å². The van der Waals surface area contributed by atoms with Gasteiger partial charge >= 0.3 is 0 Å². The molecular weight excluding hydrogens is 510 g/mol. The summed E-state index contributed by atoms with van der Waals surface area (Å²) in [7, 11) is 1.48. The molecule has 1 fully saturated rings. The third-order valence-electron chi connectivity index (χ3n) is 7.72. The molecule has 8 heteroatoms. The van der Waals surface area contributed by atoms with E-state index in [0.29, 0.717) is 22.3 Å². The van der Waals surface area contributed by atoms with Crippen molar-refractivity contribution in [3.63, 3.8) is 0 Å². The van der Waals surface area contributed by atoms with Crippen LogP contribution in [0.1, 0.15) is 52.0 Å². The molecule has 0 radical (unpaired) electrons. The Labute approximate surface area is 230 Å². The molecule has 0 atom stereocenters. The van der Waals surface area contributed by atoms with Crippen molar-refractivity contribution in [1.29, 1.82) is 0 Å². The number of hydrogen-bond acceptors (Lipinski definition) is 3. The smallest absolute Gasteiger partial charge is 0.255 e. The SMILES string of the molecule is CNC(=O)c1c(-c2ccc(F)cc2)nn2c(F)cc(-c3cc(C(=O)NC4(C5=CCCC=C5)CC4)ccc3C)cc12. The Kier molecular flexibility index (Phi) is 6.33. The van der Waals surface area contributed by atoms with E-state index in [1.807, 2.05) is 13.0 Å². The number of fused-ring (bicyclic) bond motifs is 1. The van der Waals surface area contributed by atoms with Crippen LogP contribution in [0, 0.1) is 18.7 Å². The molecule has 0 unspecified atom stereocenters. The number of pyridine rings is 1. The summed E-state index contributed by atoms with van der Waals surface area (Å²) in [6.07, 6.45) is 10.2. The number of benzene rings is 2. The Morgan fingerprint density at radius 2 is 1.73 bits per heavy atom. The van der Waals surface area contributed by atoms with E-state index in [9.17, 15) is 14.0 Å². The second-order valence-corrected chi connectivity index (χ2v) is 10.4. The number of halogens is 2. The number of aryl methyl sites for hydroxylation is 1. The third kappa shape index (κ3) is 4.49. The Balaban J connectivity index is 1.41. The maximum atomic E-state index is 15.5. The first-order valence-corrected chi connectivity index (χ1v) is 13.3. The van der Waals surface area contributed by atoms with Crippen LogP contribution in [-0.2, 0) is 0 Å². The van der Waals surface area contributed by atoms with Gasteiger partial charge in [0.25, 0.3) is 11.8 Å². The van der Waals surface area contributed by atoms with Crippen LogP contribution in [0.3, 0.4) is 0 Å². The molecule has 202 valence electrons. The molecule has 2 amide bonds. The minimum atomic E-state index is -0.673. The monoisotopic (exact) mass is 538 g/mol. The maximum absolute atomic E-state index is 15.5. The molecule has 2 aliphatic rings. The predicted molar refractivity (Wildman–Crippen MR) is 150 cm³/mol. The standard InChI is InChI=1S/C32H28F2N4O2/c1-19-8-9-21(30(39)36-32(14-15-32)23-6-4-3-5-7-23)16-25(19)22-17-26-28(31(40)35-2)29(37-38(26)27(34)18-22)20-10-12-24(33)13-11-20/h4,6-13,16-18H,3,5,14-15H2,1-2H3,(H,35,40)(H,36,39). The van der Waals surface area contributed by atoms with E-state index in [1.165, 1.54) is 37.4 Å². The van der Waals surface area contributed by atoms with Gasteiger partial charge in [0.1, 0.15) is 11.5 Å². The third-order valence-corrected chi connectivity index (χ3v) is 7.72. The van der Waals surface area contributed by atoms with Gasteiger partial charge in [-0.15, -0.1) is 0 Å². The average Bonchev–Trinajstić information content (AvgIpc) is 3.64. The quantitative estimate of drug-likeness (QED) is 0.289. The highest BCUT2D eigenvalue weighted by Crippen LogP contribution is 2.44. The van der Waals surface area contributed by atoms with Crippen molar-refractivity contribution in [1.82, 2.24) is 20.2 Å². The van der Waals surface area contributed by atoms with Crippen LogP contribution in [0.4, 0.5) is 8.78 Å². The normalized spacial score (nSPS) is 15.6. The zero-order chi connectivity index (χ0) is 28.0. The molecule has 2 heterocycles. The molecule has 6 nitrogen and oxygen atoms in total. The van der Waals surface area contributed by atoms with Crippen molar-refractivity contribution < 1.29 is 18.4 Å². The summed E-state index contributed by atoms with van der Waals surface area (Å²) in [6.45, 7) is 1.89. The van der Waals surface area contributed by atoms with Gasteiger partial charge in [-0.05, 0) is 97.3 Å². The van der Waals surface area contributed by atoms with E-state index in [2.05, 4.69) is 34.0 Å². The summed E-state index contributed by atoms with van der Waals surface area (Å²) in [6, 6.07) is 13.9.